The van der Waals surface area contributed by atoms with Gasteiger partial charge in [-0.25, -0.2) is 4.98 Å². The number of anilines is 1. The van der Waals surface area contributed by atoms with E-state index in [2.05, 4.69) is 15.6 Å². The van der Waals surface area contributed by atoms with Crippen LogP contribution in [0, 0.1) is 6.92 Å². The Labute approximate surface area is 160 Å². The van der Waals surface area contributed by atoms with E-state index in [0.717, 1.165) is 29.2 Å². The molecule has 2 aromatic carbocycles. The van der Waals surface area contributed by atoms with Crippen molar-refractivity contribution < 1.29 is 13.2 Å². The summed E-state index contributed by atoms with van der Waals surface area (Å²) in [7, 11) is 0. The molecule has 0 bridgehead atoms. The lowest BCUT2D eigenvalue weighted by atomic mass is 10.2. The van der Waals surface area contributed by atoms with Crippen LogP contribution in [-0.4, -0.2) is 14.7 Å². The van der Waals surface area contributed by atoms with Gasteiger partial charge in [0.25, 0.3) is 0 Å². The highest BCUT2D eigenvalue weighted by Crippen LogP contribution is 2.30. The number of imidazole rings is 1. The van der Waals surface area contributed by atoms with Crippen LogP contribution in [0.25, 0.3) is 5.69 Å². The third kappa shape index (κ3) is 4.85. The summed E-state index contributed by atoms with van der Waals surface area (Å²) in [5.41, 5.74) is 1.55. The summed E-state index contributed by atoms with van der Waals surface area (Å²) in [6.07, 6.45) is -0.762. The number of benzene rings is 2. The smallest absolute Gasteiger partial charge is 0.358 e. The van der Waals surface area contributed by atoms with Gasteiger partial charge in [-0.2, -0.15) is 13.2 Å². The SMILES string of the molecule is Cc1nccn1-c1ccc(CNC(=S)Nc2cccc(C(F)(F)F)c2)cc1. The van der Waals surface area contributed by atoms with E-state index in [1.807, 2.05) is 42.0 Å². The fourth-order valence-corrected chi connectivity index (χ4v) is 2.75. The molecular weight excluding hydrogens is 373 g/mol. The molecule has 0 aliphatic carbocycles. The van der Waals surface area contributed by atoms with Gasteiger partial charge in [0, 0.05) is 30.3 Å². The molecule has 0 unspecified atom stereocenters. The number of halogens is 3. The van der Waals surface area contributed by atoms with Crippen LogP contribution >= 0.6 is 12.2 Å². The number of nitrogens with zero attached hydrogens (tertiary/aromatic N) is 2. The van der Waals surface area contributed by atoms with Crippen molar-refractivity contribution in [3.05, 3.63) is 77.9 Å². The highest BCUT2D eigenvalue weighted by Gasteiger charge is 2.30. The molecule has 3 rings (SSSR count). The first-order valence-corrected chi connectivity index (χ1v) is 8.55. The minimum absolute atomic E-state index is 0.254. The third-order valence-corrected chi connectivity index (χ3v) is 4.19. The van der Waals surface area contributed by atoms with Gasteiger partial charge in [-0.05, 0) is 55.0 Å². The second kappa shape index (κ2) is 7.79. The lowest BCUT2D eigenvalue weighted by molar-refractivity contribution is -0.137. The van der Waals surface area contributed by atoms with Gasteiger partial charge in [0.2, 0.25) is 0 Å². The van der Waals surface area contributed by atoms with Crippen molar-refractivity contribution in [2.24, 2.45) is 0 Å². The molecule has 0 aliphatic rings. The number of alkyl halides is 3. The molecule has 1 heterocycles. The monoisotopic (exact) mass is 390 g/mol. The van der Waals surface area contributed by atoms with Crippen molar-refractivity contribution in [1.82, 2.24) is 14.9 Å². The summed E-state index contributed by atoms with van der Waals surface area (Å²) in [6, 6.07) is 12.8. The van der Waals surface area contributed by atoms with Crippen LogP contribution in [0.3, 0.4) is 0 Å². The lowest BCUT2D eigenvalue weighted by Crippen LogP contribution is -2.28. The van der Waals surface area contributed by atoms with E-state index in [1.54, 1.807) is 6.20 Å². The third-order valence-electron chi connectivity index (χ3n) is 3.94. The Hall–Kier alpha value is -2.87. The van der Waals surface area contributed by atoms with E-state index in [0.29, 0.717) is 6.54 Å². The van der Waals surface area contributed by atoms with E-state index in [1.165, 1.54) is 12.1 Å². The van der Waals surface area contributed by atoms with Crippen molar-refractivity contribution in [3.8, 4) is 5.69 Å². The minimum atomic E-state index is -4.39. The summed E-state index contributed by atoms with van der Waals surface area (Å²) in [4.78, 5) is 4.19. The maximum absolute atomic E-state index is 12.8. The molecule has 0 radical (unpaired) electrons. The first-order valence-electron chi connectivity index (χ1n) is 8.14. The second-order valence-electron chi connectivity index (χ2n) is 5.90. The van der Waals surface area contributed by atoms with E-state index in [-0.39, 0.29) is 10.8 Å². The zero-order valence-electron chi connectivity index (χ0n) is 14.4. The molecule has 0 saturated heterocycles. The predicted octanol–water partition coefficient (Wildman–Crippen LogP) is 4.69. The molecule has 140 valence electrons. The molecule has 0 fully saturated rings. The zero-order valence-corrected chi connectivity index (χ0v) is 15.2. The van der Waals surface area contributed by atoms with E-state index < -0.39 is 11.7 Å². The summed E-state index contributed by atoms with van der Waals surface area (Å²) < 4.78 is 40.2. The van der Waals surface area contributed by atoms with E-state index in [4.69, 9.17) is 12.2 Å². The quantitative estimate of drug-likeness (QED) is 0.635. The fourth-order valence-electron chi connectivity index (χ4n) is 2.56. The largest absolute Gasteiger partial charge is 0.416 e. The van der Waals surface area contributed by atoms with Crippen molar-refractivity contribution in [2.75, 3.05) is 5.32 Å². The number of hydrogen-bond acceptors (Lipinski definition) is 2. The van der Waals surface area contributed by atoms with Gasteiger partial charge in [-0.1, -0.05) is 18.2 Å². The molecule has 0 aliphatic heterocycles. The van der Waals surface area contributed by atoms with Crippen LogP contribution in [-0.2, 0) is 12.7 Å². The van der Waals surface area contributed by atoms with Gasteiger partial charge < -0.3 is 15.2 Å². The van der Waals surface area contributed by atoms with Gasteiger partial charge in [-0.3, -0.25) is 0 Å². The van der Waals surface area contributed by atoms with Crippen LogP contribution in [0.5, 0.6) is 0 Å². The van der Waals surface area contributed by atoms with Crippen LogP contribution in [0.15, 0.2) is 60.9 Å². The number of aryl methyl sites for hydroxylation is 1. The summed E-state index contributed by atoms with van der Waals surface area (Å²) in [6.45, 7) is 2.38. The number of hydrogen-bond donors (Lipinski definition) is 2. The van der Waals surface area contributed by atoms with Crippen molar-refractivity contribution in [2.45, 2.75) is 19.6 Å². The van der Waals surface area contributed by atoms with Gasteiger partial charge in [0.15, 0.2) is 5.11 Å². The maximum Gasteiger partial charge on any atom is 0.416 e. The van der Waals surface area contributed by atoms with Gasteiger partial charge >= 0.3 is 6.18 Å². The molecule has 4 nitrogen and oxygen atoms in total. The molecule has 0 atom stereocenters. The minimum Gasteiger partial charge on any atom is -0.358 e. The average Bonchev–Trinajstić information content (AvgIpc) is 3.06. The number of thiocarbonyl (C=S) groups is 1. The summed E-state index contributed by atoms with van der Waals surface area (Å²) >= 11 is 5.16. The van der Waals surface area contributed by atoms with E-state index in [9.17, 15) is 13.2 Å². The Kier molecular flexibility index (Phi) is 5.46. The molecule has 1 aromatic heterocycles. The molecule has 0 amide bonds. The van der Waals surface area contributed by atoms with Crippen LogP contribution in [0.2, 0.25) is 0 Å². The molecule has 2 N–H and O–H groups in total. The number of rotatable bonds is 4. The predicted molar refractivity (Wildman–Crippen MR) is 103 cm³/mol. The highest BCUT2D eigenvalue weighted by molar-refractivity contribution is 7.80. The zero-order chi connectivity index (χ0) is 19.4. The van der Waals surface area contributed by atoms with Crippen LogP contribution in [0.4, 0.5) is 18.9 Å². The molecule has 0 spiro atoms. The average molecular weight is 390 g/mol. The van der Waals surface area contributed by atoms with Crippen molar-refractivity contribution in [1.29, 1.82) is 0 Å². The van der Waals surface area contributed by atoms with Crippen LogP contribution in [0.1, 0.15) is 17.0 Å². The van der Waals surface area contributed by atoms with Crippen molar-refractivity contribution >= 4 is 23.0 Å². The molecule has 3 aromatic rings. The molecule has 0 saturated carbocycles. The van der Waals surface area contributed by atoms with E-state index >= 15 is 0 Å². The normalized spacial score (nSPS) is 11.3. The Morgan fingerprint density at radius 3 is 2.52 bits per heavy atom. The Morgan fingerprint density at radius 1 is 1.15 bits per heavy atom. The first kappa shape index (κ1) is 18.9. The second-order valence-corrected chi connectivity index (χ2v) is 6.31. The molecule has 8 heteroatoms. The molecular formula is C19H17F3N4S. The lowest BCUT2D eigenvalue weighted by Gasteiger charge is -2.13. The molecule has 27 heavy (non-hydrogen) atoms. The topological polar surface area (TPSA) is 41.9 Å². The van der Waals surface area contributed by atoms with Gasteiger partial charge in [-0.15, -0.1) is 0 Å². The first-order chi connectivity index (χ1) is 12.8. The maximum atomic E-state index is 12.8. The summed E-state index contributed by atoms with van der Waals surface area (Å²) in [5, 5.41) is 6.02. The Bertz CT molecular complexity index is 933. The number of aromatic nitrogens is 2. The number of nitrogens with one attached hydrogen (secondary N) is 2. The van der Waals surface area contributed by atoms with Crippen molar-refractivity contribution in [3.63, 3.8) is 0 Å². The van der Waals surface area contributed by atoms with Crippen LogP contribution < -0.4 is 10.6 Å². The van der Waals surface area contributed by atoms with Gasteiger partial charge in [0.05, 0.1) is 5.56 Å². The Balaban J connectivity index is 1.57. The van der Waals surface area contributed by atoms with Gasteiger partial charge in [0.1, 0.15) is 5.82 Å². The Morgan fingerprint density at radius 2 is 1.89 bits per heavy atom. The highest BCUT2D eigenvalue weighted by atomic mass is 32.1. The standard InChI is InChI=1S/C19H17F3N4S/c1-13-23-9-10-26(13)17-7-5-14(6-8-17)12-24-18(27)25-16-4-2-3-15(11-16)19(20,21)22/h2-11H,12H2,1H3,(H2,24,25,27). The summed E-state index contributed by atoms with van der Waals surface area (Å²) in [5.74, 6) is 0.896. The fraction of sp³-hybridized carbons (Fsp3) is 0.158.